The predicted octanol–water partition coefficient (Wildman–Crippen LogP) is 16.2. The van der Waals surface area contributed by atoms with Crippen LogP contribution in [-0.2, 0) is 5.41 Å². The SMILES string of the molecule is CC1(C)c2ccccc2-c2c(-c3ccc(-c4ccc5oc6cccc(-c7nc(-c8cccc9c8oc8ccccc89)nc(-c8cccc9oc%10ccccc%10c89)n7)c6c5c4)cc3)cccc21. The Morgan fingerprint density at radius 3 is 1.58 bits per heavy atom. The summed E-state index contributed by atoms with van der Waals surface area (Å²) in [5.41, 5.74) is 17.1. The molecule has 1 aliphatic rings. The van der Waals surface area contributed by atoms with E-state index >= 15 is 0 Å². The second-order valence-electron chi connectivity index (χ2n) is 17.8. The molecule has 4 heterocycles. The summed E-state index contributed by atoms with van der Waals surface area (Å²) >= 11 is 0. The fourth-order valence-electron chi connectivity index (χ4n) is 10.7. The number of hydrogen-bond acceptors (Lipinski definition) is 6. The van der Waals surface area contributed by atoms with E-state index in [1.807, 2.05) is 72.8 Å². The van der Waals surface area contributed by atoms with Gasteiger partial charge in [0, 0.05) is 48.9 Å². The number of hydrogen-bond donors (Lipinski definition) is 0. The lowest BCUT2D eigenvalue weighted by Crippen LogP contribution is -2.14. The molecule has 0 unspecified atom stereocenters. The highest BCUT2D eigenvalue weighted by molar-refractivity contribution is 6.14. The summed E-state index contributed by atoms with van der Waals surface area (Å²) in [5, 5.41) is 5.90. The maximum atomic E-state index is 6.59. The number of fused-ring (bicyclic) bond motifs is 12. The van der Waals surface area contributed by atoms with Gasteiger partial charge in [-0.05, 0) is 87.0 Å². The van der Waals surface area contributed by atoms with Crippen molar-refractivity contribution in [2.75, 3.05) is 0 Å². The van der Waals surface area contributed by atoms with Gasteiger partial charge in [0.2, 0.25) is 0 Å². The molecule has 4 aromatic heterocycles. The van der Waals surface area contributed by atoms with E-state index in [9.17, 15) is 0 Å². The quantitative estimate of drug-likeness (QED) is 0.172. The van der Waals surface area contributed by atoms with Crippen molar-refractivity contribution in [3.8, 4) is 67.5 Å². The first-order valence-corrected chi connectivity index (χ1v) is 22.3. The van der Waals surface area contributed by atoms with Gasteiger partial charge in [0.1, 0.15) is 33.5 Å². The Hall–Kier alpha value is -8.61. The fraction of sp³-hybridized carbons (Fsp3) is 0.0500. The summed E-state index contributed by atoms with van der Waals surface area (Å²) in [7, 11) is 0. The molecule has 6 heteroatoms. The molecule has 0 saturated heterocycles. The molecule has 0 saturated carbocycles. The van der Waals surface area contributed by atoms with Crippen molar-refractivity contribution in [3.63, 3.8) is 0 Å². The monoisotopic (exact) mass is 847 g/mol. The van der Waals surface area contributed by atoms with Crippen LogP contribution in [0.1, 0.15) is 25.0 Å². The first-order chi connectivity index (χ1) is 32.5. The van der Waals surface area contributed by atoms with E-state index in [1.54, 1.807) is 0 Å². The Morgan fingerprint density at radius 2 is 0.818 bits per heavy atom. The van der Waals surface area contributed by atoms with Crippen LogP contribution in [0.3, 0.4) is 0 Å². The minimum absolute atomic E-state index is 0.0563. The van der Waals surface area contributed by atoms with Gasteiger partial charge >= 0.3 is 0 Å². The topological polar surface area (TPSA) is 78.1 Å². The van der Waals surface area contributed by atoms with Crippen molar-refractivity contribution >= 4 is 65.8 Å². The molecule has 0 N–H and O–H groups in total. The first-order valence-electron chi connectivity index (χ1n) is 22.3. The first kappa shape index (κ1) is 36.8. The minimum atomic E-state index is -0.0563. The zero-order valence-electron chi connectivity index (χ0n) is 36.0. The molecule has 9 aromatic carbocycles. The number of nitrogens with zero attached hydrogens (tertiary/aromatic N) is 3. The van der Waals surface area contributed by atoms with Crippen LogP contribution in [0.4, 0.5) is 0 Å². The van der Waals surface area contributed by atoms with Crippen LogP contribution in [0.15, 0.2) is 201 Å². The maximum Gasteiger partial charge on any atom is 0.167 e. The molecular formula is C60H37N3O3. The molecule has 0 aliphatic heterocycles. The van der Waals surface area contributed by atoms with Crippen LogP contribution >= 0.6 is 0 Å². The molecule has 13 aromatic rings. The van der Waals surface area contributed by atoms with Crippen LogP contribution in [0.2, 0.25) is 0 Å². The third-order valence-electron chi connectivity index (χ3n) is 13.8. The van der Waals surface area contributed by atoms with Crippen molar-refractivity contribution < 1.29 is 13.3 Å². The average molecular weight is 848 g/mol. The lowest BCUT2D eigenvalue weighted by molar-refractivity contribution is 0.660. The fourth-order valence-corrected chi connectivity index (χ4v) is 10.7. The maximum absolute atomic E-state index is 6.59. The van der Waals surface area contributed by atoms with Crippen LogP contribution in [0, 0.1) is 0 Å². The van der Waals surface area contributed by atoms with E-state index in [0.717, 1.165) is 93.6 Å². The molecule has 1 aliphatic carbocycles. The number of para-hydroxylation sites is 3. The lowest BCUT2D eigenvalue weighted by Gasteiger charge is -2.21. The Kier molecular flexibility index (Phi) is 7.64. The highest BCUT2D eigenvalue weighted by Gasteiger charge is 2.36. The Morgan fingerprint density at radius 1 is 0.333 bits per heavy atom. The normalized spacial score (nSPS) is 13.1. The van der Waals surface area contributed by atoms with Gasteiger partial charge in [-0.15, -0.1) is 0 Å². The van der Waals surface area contributed by atoms with Crippen LogP contribution in [0.25, 0.3) is 133 Å². The van der Waals surface area contributed by atoms with Gasteiger partial charge in [-0.2, -0.15) is 0 Å². The number of benzene rings is 9. The van der Waals surface area contributed by atoms with Gasteiger partial charge in [-0.3, -0.25) is 0 Å². The molecule has 0 bridgehead atoms. The lowest BCUT2D eigenvalue weighted by atomic mass is 9.82. The number of rotatable bonds is 5. The highest BCUT2D eigenvalue weighted by Crippen LogP contribution is 2.52. The highest BCUT2D eigenvalue weighted by atomic mass is 16.3. The summed E-state index contributed by atoms with van der Waals surface area (Å²) in [6, 6.07) is 65.5. The minimum Gasteiger partial charge on any atom is -0.456 e. The van der Waals surface area contributed by atoms with Gasteiger partial charge < -0.3 is 13.3 Å². The molecular weight excluding hydrogens is 811 g/mol. The predicted molar refractivity (Wildman–Crippen MR) is 266 cm³/mol. The largest absolute Gasteiger partial charge is 0.456 e. The smallest absolute Gasteiger partial charge is 0.167 e. The molecule has 0 spiro atoms. The third kappa shape index (κ3) is 5.33. The number of furan rings is 3. The van der Waals surface area contributed by atoms with Gasteiger partial charge in [0.05, 0.1) is 5.56 Å². The summed E-state index contributed by atoms with van der Waals surface area (Å²) in [5.74, 6) is 1.56. The molecule has 0 fully saturated rings. The zero-order chi connectivity index (χ0) is 43.7. The van der Waals surface area contributed by atoms with Crippen molar-refractivity contribution in [3.05, 3.63) is 199 Å². The zero-order valence-corrected chi connectivity index (χ0v) is 36.0. The summed E-state index contributed by atoms with van der Waals surface area (Å²) < 4.78 is 19.5. The average Bonchev–Trinajstić information content (AvgIpc) is 4.12. The van der Waals surface area contributed by atoms with Crippen molar-refractivity contribution in [2.24, 2.45) is 0 Å². The Bertz CT molecular complexity index is 4150. The van der Waals surface area contributed by atoms with Gasteiger partial charge in [-0.25, -0.2) is 15.0 Å². The van der Waals surface area contributed by atoms with Crippen LogP contribution in [0.5, 0.6) is 0 Å². The molecule has 6 nitrogen and oxygen atoms in total. The Balaban J connectivity index is 0.940. The summed E-state index contributed by atoms with van der Waals surface area (Å²) in [6.45, 7) is 4.66. The summed E-state index contributed by atoms with van der Waals surface area (Å²) in [4.78, 5) is 15.9. The van der Waals surface area contributed by atoms with Crippen LogP contribution in [-0.4, -0.2) is 15.0 Å². The van der Waals surface area contributed by atoms with Crippen molar-refractivity contribution in [1.29, 1.82) is 0 Å². The second-order valence-corrected chi connectivity index (χ2v) is 17.8. The van der Waals surface area contributed by atoms with Gasteiger partial charge in [0.25, 0.3) is 0 Å². The van der Waals surface area contributed by atoms with E-state index in [0.29, 0.717) is 17.5 Å². The molecule has 310 valence electrons. The van der Waals surface area contributed by atoms with E-state index in [1.165, 1.54) is 33.4 Å². The molecule has 0 amide bonds. The molecule has 0 atom stereocenters. The molecule has 0 radical (unpaired) electrons. The molecule has 14 rings (SSSR count). The third-order valence-corrected chi connectivity index (χ3v) is 13.8. The van der Waals surface area contributed by atoms with Gasteiger partial charge in [-0.1, -0.05) is 159 Å². The van der Waals surface area contributed by atoms with E-state index in [-0.39, 0.29) is 5.41 Å². The second kappa shape index (κ2) is 13.7. The van der Waals surface area contributed by atoms with Crippen molar-refractivity contribution in [2.45, 2.75) is 19.3 Å². The van der Waals surface area contributed by atoms with Crippen molar-refractivity contribution in [1.82, 2.24) is 15.0 Å². The standard InChI is InChI=1S/C60H37N3O3/c1-60(2)46-21-6-3-14-40(46)53-37(16-10-22-47(53)60)35-29-27-34(28-30-35)36-31-32-50-45(33-36)55-43(19-12-26-52(55)65-50)58-61-57(42-18-11-25-51-54(42)41-15-5-8-24-49(41)64-51)62-59(63-58)44-20-9-17-39-38-13-4-7-23-48(38)66-56(39)44/h3-33H,1-2H3. The Labute approximate surface area is 378 Å². The van der Waals surface area contributed by atoms with Crippen LogP contribution < -0.4 is 0 Å². The van der Waals surface area contributed by atoms with E-state index in [4.69, 9.17) is 28.2 Å². The van der Waals surface area contributed by atoms with E-state index in [2.05, 4.69) is 129 Å². The summed E-state index contributed by atoms with van der Waals surface area (Å²) in [6.07, 6.45) is 0. The van der Waals surface area contributed by atoms with Gasteiger partial charge in [0.15, 0.2) is 17.5 Å². The van der Waals surface area contributed by atoms with E-state index < -0.39 is 0 Å². The molecule has 66 heavy (non-hydrogen) atoms. The number of aromatic nitrogens is 3.